The van der Waals surface area contributed by atoms with Gasteiger partial charge in [-0.25, -0.2) is 4.39 Å². The lowest BCUT2D eigenvalue weighted by Gasteiger charge is -2.12. The van der Waals surface area contributed by atoms with Gasteiger partial charge in [-0.05, 0) is 31.2 Å². The Morgan fingerprint density at radius 3 is 2.73 bits per heavy atom. The SMILES string of the molecule is COc1ccc(CCN(C)CBr)cc1F. The van der Waals surface area contributed by atoms with Gasteiger partial charge >= 0.3 is 0 Å². The molecule has 1 rings (SSSR count). The predicted molar refractivity (Wildman–Crippen MR) is 63.1 cm³/mol. The van der Waals surface area contributed by atoms with E-state index in [1.54, 1.807) is 6.07 Å². The lowest BCUT2D eigenvalue weighted by molar-refractivity contribution is 0.384. The molecule has 0 aliphatic heterocycles. The highest BCUT2D eigenvalue weighted by atomic mass is 79.9. The quantitative estimate of drug-likeness (QED) is 0.605. The predicted octanol–water partition coefficient (Wildman–Crippen LogP) is 2.66. The van der Waals surface area contributed by atoms with Crippen LogP contribution in [0.3, 0.4) is 0 Å². The van der Waals surface area contributed by atoms with Crippen molar-refractivity contribution in [1.29, 1.82) is 0 Å². The summed E-state index contributed by atoms with van der Waals surface area (Å²) in [5, 5.41) is 0. The van der Waals surface area contributed by atoms with Crippen molar-refractivity contribution in [2.45, 2.75) is 6.42 Å². The van der Waals surface area contributed by atoms with Crippen LogP contribution >= 0.6 is 15.9 Å². The van der Waals surface area contributed by atoms with Crippen molar-refractivity contribution in [2.24, 2.45) is 0 Å². The van der Waals surface area contributed by atoms with Gasteiger partial charge < -0.3 is 4.74 Å². The number of hydrogen-bond acceptors (Lipinski definition) is 2. The number of benzene rings is 1. The summed E-state index contributed by atoms with van der Waals surface area (Å²) in [7, 11) is 3.48. The summed E-state index contributed by atoms with van der Waals surface area (Å²) >= 11 is 3.36. The molecule has 15 heavy (non-hydrogen) atoms. The van der Waals surface area contributed by atoms with Crippen LogP contribution in [0, 0.1) is 5.82 Å². The lowest BCUT2D eigenvalue weighted by atomic mass is 10.1. The first kappa shape index (κ1) is 12.5. The second-order valence-electron chi connectivity index (χ2n) is 3.42. The molecule has 1 aromatic rings. The van der Waals surface area contributed by atoms with Crippen molar-refractivity contribution in [1.82, 2.24) is 4.90 Å². The molecule has 0 amide bonds. The molecule has 1 aromatic carbocycles. The van der Waals surface area contributed by atoms with Gasteiger partial charge in [-0.15, -0.1) is 0 Å². The van der Waals surface area contributed by atoms with Crippen molar-refractivity contribution in [3.63, 3.8) is 0 Å². The van der Waals surface area contributed by atoms with Gasteiger partial charge in [0.1, 0.15) is 0 Å². The lowest BCUT2D eigenvalue weighted by Crippen LogP contribution is -2.18. The van der Waals surface area contributed by atoms with E-state index in [0.717, 1.165) is 24.0 Å². The van der Waals surface area contributed by atoms with Crippen LogP contribution in [0.4, 0.5) is 4.39 Å². The zero-order chi connectivity index (χ0) is 11.3. The molecular formula is C11H15BrFNO. The largest absolute Gasteiger partial charge is 0.494 e. The fourth-order valence-electron chi connectivity index (χ4n) is 1.25. The number of alkyl halides is 1. The first-order valence-electron chi connectivity index (χ1n) is 4.74. The first-order valence-corrected chi connectivity index (χ1v) is 5.86. The number of rotatable bonds is 5. The van der Waals surface area contributed by atoms with Gasteiger partial charge in [0.15, 0.2) is 11.6 Å². The molecule has 0 aliphatic carbocycles. The number of methoxy groups -OCH3 is 1. The number of likely N-dealkylation sites (N-methyl/N-ethyl adjacent to an activating group) is 1. The van der Waals surface area contributed by atoms with E-state index in [9.17, 15) is 4.39 Å². The van der Waals surface area contributed by atoms with Crippen molar-refractivity contribution in [3.05, 3.63) is 29.6 Å². The highest BCUT2D eigenvalue weighted by molar-refractivity contribution is 9.09. The van der Waals surface area contributed by atoms with Crippen LogP contribution in [0.15, 0.2) is 18.2 Å². The summed E-state index contributed by atoms with van der Waals surface area (Å²) in [6.45, 7) is 0.900. The molecule has 0 atom stereocenters. The second kappa shape index (κ2) is 6.08. The summed E-state index contributed by atoms with van der Waals surface area (Å²) in [6, 6.07) is 5.09. The van der Waals surface area contributed by atoms with Crippen LogP contribution in [0.2, 0.25) is 0 Å². The highest BCUT2D eigenvalue weighted by Crippen LogP contribution is 2.17. The molecule has 0 radical (unpaired) electrons. The summed E-state index contributed by atoms with van der Waals surface area (Å²) in [5.74, 6) is 0.00379. The van der Waals surface area contributed by atoms with Crippen LogP contribution in [-0.2, 0) is 6.42 Å². The van der Waals surface area contributed by atoms with Crippen LogP contribution in [0.25, 0.3) is 0 Å². The molecule has 0 aromatic heterocycles. The molecule has 0 saturated heterocycles. The molecule has 2 nitrogen and oxygen atoms in total. The van der Waals surface area contributed by atoms with E-state index in [0.29, 0.717) is 5.75 Å². The summed E-state index contributed by atoms with van der Waals surface area (Å²) in [4.78, 5) is 2.11. The highest BCUT2D eigenvalue weighted by Gasteiger charge is 2.04. The number of halogens is 2. The maximum Gasteiger partial charge on any atom is 0.165 e. The summed E-state index contributed by atoms with van der Waals surface area (Å²) < 4.78 is 18.2. The van der Waals surface area contributed by atoms with E-state index in [1.165, 1.54) is 13.2 Å². The van der Waals surface area contributed by atoms with Crippen molar-refractivity contribution in [3.8, 4) is 5.75 Å². The molecule has 0 spiro atoms. The molecule has 4 heteroatoms. The van der Waals surface area contributed by atoms with Gasteiger partial charge in [-0.2, -0.15) is 0 Å². The fraction of sp³-hybridized carbons (Fsp3) is 0.455. The van der Waals surface area contributed by atoms with E-state index in [-0.39, 0.29) is 5.82 Å². The molecule has 0 aliphatic rings. The Morgan fingerprint density at radius 1 is 1.47 bits per heavy atom. The standard InChI is InChI=1S/C11H15BrFNO/c1-14(8-12)6-5-9-3-4-11(15-2)10(13)7-9/h3-4,7H,5-6,8H2,1-2H3. The Hall–Kier alpha value is -0.610. The number of ether oxygens (including phenoxy) is 1. The molecule has 0 bridgehead atoms. The Bertz CT molecular complexity index is 319. The zero-order valence-electron chi connectivity index (χ0n) is 8.96. The van der Waals surface area contributed by atoms with E-state index < -0.39 is 0 Å². The van der Waals surface area contributed by atoms with Gasteiger partial charge in [-0.3, -0.25) is 4.90 Å². The van der Waals surface area contributed by atoms with Gasteiger partial charge in [0.25, 0.3) is 0 Å². The minimum atomic E-state index is -0.295. The molecule has 0 unspecified atom stereocenters. The Labute approximate surface area is 98.2 Å². The maximum atomic E-state index is 13.3. The first-order chi connectivity index (χ1) is 7.17. The third-order valence-electron chi connectivity index (χ3n) is 2.20. The minimum absolute atomic E-state index is 0.295. The molecule has 0 N–H and O–H groups in total. The maximum absolute atomic E-state index is 13.3. The zero-order valence-corrected chi connectivity index (χ0v) is 10.6. The molecular weight excluding hydrogens is 261 g/mol. The van der Waals surface area contributed by atoms with Crippen molar-refractivity contribution in [2.75, 3.05) is 26.2 Å². The Balaban J connectivity index is 2.59. The smallest absolute Gasteiger partial charge is 0.165 e. The van der Waals surface area contributed by atoms with Gasteiger partial charge in [0, 0.05) is 6.54 Å². The van der Waals surface area contributed by atoms with Gasteiger partial charge in [0.05, 0.1) is 12.6 Å². The van der Waals surface area contributed by atoms with Crippen LogP contribution < -0.4 is 4.74 Å². The average Bonchev–Trinajstić information content (AvgIpc) is 2.26. The van der Waals surface area contributed by atoms with Crippen molar-refractivity contribution < 1.29 is 9.13 Å². The number of nitrogens with zero attached hydrogens (tertiary/aromatic N) is 1. The molecule has 0 saturated carbocycles. The van der Waals surface area contributed by atoms with E-state index in [1.807, 2.05) is 13.1 Å². The van der Waals surface area contributed by atoms with E-state index in [4.69, 9.17) is 4.74 Å². The summed E-state index contributed by atoms with van der Waals surface area (Å²) in [6.07, 6.45) is 0.836. The topological polar surface area (TPSA) is 12.5 Å². The minimum Gasteiger partial charge on any atom is -0.494 e. The van der Waals surface area contributed by atoms with Gasteiger partial charge in [0.2, 0.25) is 0 Å². The van der Waals surface area contributed by atoms with Crippen LogP contribution in [0.1, 0.15) is 5.56 Å². The third-order valence-corrected chi connectivity index (χ3v) is 3.06. The Morgan fingerprint density at radius 2 is 2.20 bits per heavy atom. The third kappa shape index (κ3) is 3.80. The van der Waals surface area contributed by atoms with Crippen LogP contribution in [-0.4, -0.2) is 31.1 Å². The molecule has 0 fully saturated rings. The van der Waals surface area contributed by atoms with E-state index in [2.05, 4.69) is 20.8 Å². The number of hydrogen-bond donors (Lipinski definition) is 0. The summed E-state index contributed by atoms with van der Waals surface area (Å²) in [5.41, 5.74) is 1.81. The fourth-order valence-corrected chi connectivity index (χ4v) is 1.50. The Kier molecular flexibility index (Phi) is 5.05. The second-order valence-corrected chi connectivity index (χ2v) is 3.92. The van der Waals surface area contributed by atoms with Gasteiger partial charge in [-0.1, -0.05) is 22.0 Å². The molecule has 84 valence electrons. The van der Waals surface area contributed by atoms with E-state index >= 15 is 0 Å². The van der Waals surface area contributed by atoms with Crippen molar-refractivity contribution >= 4 is 15.9 Å². The monoisotopic (exact) mass is 275 g/mol. The molecule has 0 heterocycles. The average molecular weight is 276 g/mol. The van der Waals surface area contributed by atoms with Crippen LogP contribution in [0.5, 0.6) is 5.75 Å². The normalized spacial score (nSPS) is 10.7.